The van der Waals surface area contributed by atoms with E-state index in [1.54, 1.807) is 0 Å². The van der Waals surface area contributed by atoms with Crippen molar-refractivity contribution < 1.29 is 0 Å². The Morgan fingerprint density at radius 1 is 1.60 bits per heavy atom. The van der Waals surface area contributed by atoms with Crippen molar-refractivity contribution in [2.75, 3.05) is 11.9 Å². The van der Waals surface area contributed by atoms with Gasteiger partial charge in [-0.05, 0) is 18.3 Å². The third-order valence-corrected chi connectivity index (χ3v) is 3.28. The van der Waals surface area contributed by atoms with Crippen molar-refractivity contribution in [3.8, 4) is 0 Å². The fourth-order valence-corrected chi connectivity index (χ4v) is 1.99. The maximum Gasteiger partial charge on any atom is 0.203 e. The highest BCUT2D eigenvalue weighted by molar-refractivity contribution is 5.28. The van der Waals surface area contributed by atoms with Gasteiger partial charge in [-0.25, -0.2) is 4.98 Å². The summed E-state index contributed by atoms with van der Waals surface area (Å²) < 4.78 is 2.29. The number of imidazole rings is 1. The fraction of sp³-hybridized carbons (Fsp3) is 0.750. The molecule has 84 valence electrons. The van der Waals surface area contributed by atoms with E-state index < -0.39 is 0 Å². The van der Waals surface area contributed by atoms with Gasteiger partial charge in [0.05, 0.1) is 0 Å². The molecule has 3 heteroatoms. The van der Waals surface area contributed by atoms with E-state index in [1.807, 2.05) is 6.20 Å². The molecule has 1 unspecified atom stereocenters. The quantitative estimate of drug-likeness (QED) is 0.752. The molecule has 15 heavy (non-hydrogen) atoms. The van der Waals surface area contributed by atoms with Crippen LogP contribution in [0.3, 0.4) is 0 Å². The van der Waals surface area contributed by atoms with E-state index in [9.17, 15) is 0 Å². The molecule has 0 radical (unpaired) electrons. The lowest BCUT2D eigenvalue weighted by molar-refractivity contribution is 0.543. The average molecular weight is 207 g/mol. The van der Waals surface area contributed by atoms with Crippen LogP contribution in [0.25, 0.3) is 0 Å². The predicted molar refractivity (Wildman–Crippen MR) is 63.1 cm³/mol. The summed E-state index contributed by atoms with van der Waals surface area (Å²) in [6.07, 6.45) is 7.69. The van der Waals surface area contributed by atoms with Crippen molar-refractivity contribution >= 4 is 5.95 Å². The molecule has 0 bridgehead atoms. The molecule has 0 amide bonds. The Labute approximate surface area is 91.9 Å². The molecule has 1 atom stereocenters. The van der Waals surface area contributed by atoms with Gasteiger partial charge in [0, 0.05) is 25.0 Å². The number of hydrogen-bond donors (Lipinski definition) is 1. The van der Waals surface area contributed by atoms with Crippen molar-refractivity contribution in [3.05, 3.63) is 12.4 Å². The van der Waals surface area contributed by atoms with E-state index >= 15 is 0 Å². The van der Waals surface area contributed by atoms with Crippen LogP contribution in [0.1, 0.15) is 46.1 Å². The maximum atomic E-state index is 4.37. The minimum Gasteiger partial charge on any atom is -0.356 e. The first-order valence-electron chi connectivity index (χ1n) is 5.92. The first-order chi connectivity index (χ1) is 7.15. The Morgan fingerprint density at radius 3 is 2.93 bits per heavy atom. The summed E-state index contributed by atoms with van der Waals surface area (Å²) in [5.41, 5.74) is 0.460. The standard InChI is InChI=1S/C12H21N3/c1-4-5-6-13-11-14-7-8-15(11)10-9-12(10,2)3/h7-8,10H,4-6,9H2,1-3H3,(H,13,14). The lowest BCUT2D eigenvalue weighted by atomic mass is 10.2. The van der Waals surface area contributed by atoms with Crippen molar-refractivity contribution in [2.24, 2.45) is 5.41 Å². The van der Waals surface area contributed by atoms with E-state index in [-0.39, 0.29) is 0 Å². The second-order valence-electron chi connectivity index (χ2n) is 5.15. The van der Waals surface area contributed by atoms with Gasteiger partial charge < -0.3 is 9.88 Å². The van der Waals surface area contributed by atoms with Crippen molar-refractivity contribution in [1.82, 2.24) is 9.55 Å². The van der Waals surface area contributed by atoms with Crippen LogP contribution in [0.15, 0.2) is 12.4 Å². The van der Waals surface area contributed by atoms with Crippen molar-refractivity contribution in [2.45, 2.75) is 46.1 Å². The second-order valence-corrected chi connectivity index (χ2v) is 5.15. The zero-order chi connectivity index (χ0) is 10.9. The number of unbranched alkanes of at least 4 members (excludes halogenated alkanes) is 1. The zero-order valence-corrected chi connectivity index (χ0v) is 9.95. The van der Waals surface area contributed by atoms with Gasteiger partial charge in [-0.15, -0.1) is 0 Å². The van der Waals surface area contributed by atoms with Gasteiger partial charge in [0.15, 0.2) is 0 Å². The molecule has 1 aliphatic carbocycles. The Balaban J connectivity index is 1.97. The van der Waals surface area contributed by atoms with Gasteiger partial charge in [-0.1, -0.05) is 27.2 Å². The molecule has 1 heterocycles. The molecule has 0 saturated heterocycles. The first kappa shape index (κ1) is 10.5. The highest BCUT2D eigenvalue weighted by Gasteiger charge is 2.47. The van der Waals surface area contributed by atoms with Gasteiger partial charge in [0.25, 0.3) is 0 Å². The molecule has 0 aliphatic heterocycles. The number of anilines is 1. The summed E-state index contributed by atoms with van der Waals surface area (Å²) in [7, 11) is 0. The monoisotopic (exact) mass is 207 g/mol. The summed E-state index contributed by atoms with van der Waals surface area (Å²) in [5, 5.41) is 3.41. The molecule has 1 aromatic heterocycles. The largest absolute Gasteiger partial charge is 0.356 e. The number of rotatable bonds is 5. The SMILES string of the molecule is CCCCNc1nccn1C1CC1(C)C. The minimum absolute atomic E-state index is 0.460. The van der Waals surface area contributed by atoms with Gasteiger partial charge in [-0.3, -0.25) is 0 Å². The molecule has 2 rings (SSSR count). The normalized spacial score (nSPS) is 22.7. The van der Waals surface area contributed by atoms with Crippen molar-refractivity contribution in [3.63, 3.8) is 0 Å². The molecule has 1 fully saturated rings. The van der Waals surface area contributed by atoms with E-state index in [0.29, 0.717) is 11.5 Å². The van der Waals surface area contributed by atoms with Crippen LogP contribution in [-0.4, -0.2) is 16.1 Å². The van der Waals surface area contributed by atoms with Crippen LogP contribution < -0.4 is 5.32 Å². The van der Waals surface area contributed by atoms with E-state index in [0.717, 1.165) is 12.5 Å². The molecular formula is C12H21N3. The molecule has 1 saturated carbocycles. The highest BCUT2D eigenvalue weighted by Crippen LogP contribution is 2.56. The van der Waals surface area contributed by atoms with Crippen LogP contribution in [0.5, 0.6) is 0 Å². The van der Waals surface area contributed by atoms with Crippen LogP contribution in [0, 0.1) is 5.41 Å². The van der Waals surface area contributed by atoms with E-state index in [4.69, 9.17) is 0 Å². The van der Waals surface area contributed by atoms with E-state index in [2.05, 4.69) is 41.8 Å². The van der Waals surface area contributed by atoms with Crippen LogP contribution >= 0.6 is 0 Å². The molecule has 3 nitrogen and oxygen atoms in total. The van der Waals surface area contributed by atoms with E-state index in [1.165, 1.54) is 19.3 Å². The average Bonchev–Trinajstić information content (AvgIpc) is 2.63. The van der Waals surface area contributed by atoms with Crippen molar-refractivity contribution in [1.29, 1.82) is 0 Å². The summed E-state index contributed by atoms with van der Waals surface area (Å²) >= 11 is 0. The van der Waals surface area contributed by atoms with Gasteiger partial charge in [-0.2, -0.15) is 0 Å². The minimum atomic E-state index is 0.460. The second kappa shape index (κ2) is 3.87. The molecular weight excluding hydrogens is 186 g/mol. The zero-order valence-electron chi connectivity index (χ0n) is 9.95. The summed E-state index contributed by atoms with van der Waals surface area (Å²) in [6.45, 7) is 7.86. The number of nitrogens with one attached hydrogen (secondary N) is 1. The highest BCUT2D eigenvalue weighted by atomic mass is 15.2. The number of aromatic nitrogens is 2. The van der Waals surface area contributed by atoms with Gasteiger partial charge in [0.1, 0.15) is 0 Å². The summed E-state index contributed by atoms with van der Waals surface area (Å²) in [4.78, 5) is 4.37. The Morgan fingerprint density at radius 2 is 2.33 bits per heavy atom. The molecule has 0 spiro atoms. The third-order valence-electron chi connectivity index (χ3n) is 3.28. The van der Waals surface area contributed by atoms with Crippen LogP contribution in [0.2, 0.25) is 0 Å². The molecule has 0 aromatic carbocycles. The Bertz CT molecular complexity index is 327. The molecule has 1 aromatic rings. The fourth-order valence-electron chi connectivity index (χ4n) is 1.99. The Kier molecular flexibility index (Phi) is 2.72. The van der Waals surface area contributed by atoms with Gasteiger partial charge >= 0.3 is 0 Å². The predicted octanol–water partition coefficient (Wildman–Crippen LogP) is 3.07. The number of nitrogens with zero attached hydrogens (tertiary/aromatic N) is 2. The smallest absolute Gasteiger partial charge is 0.203 e. The van der Waals surface area contributed by atoms with Crippen LogP contribution in [0.4, 0.5) is 5.95 Å². The molecule has 1 N–H and O–H groups in total. The summed E-state index contributed by atoms with van der Waals surface area (Å²) in [6, 6.07) is 0.643. The maximum absolute atomic E-state index is 4.37. The summed E-state index contributed by atoms with van der Waals surface area (Å²) in [5.74, 6) is 1.04. The first-order valence-corrected chi connectivity index (χ1v) is 5.92. The Hall–Kier alpha value is -0.990. The lowest BCUT2D eigenvalue weighted by Crippen LogP contribution is -2.09. The molecule has 1 aliphatic rings. The van der Waals surface area contributed by atoms with Crippen LogP contribution in [-0.2, 0) is 0 Å². The topological polar surface area (TPSA) is 29.9 Å². The third kappa shape index (κ3) is 2.16. The lowest BCUT2D eigenvalue weighted by Gasteiger charge is -2.10. The van der Waals surface area contributed by atoms with Gasteiger partial charge in [0.2, 0.25) is 5.95 Å². The number of hydrogen-bond acceptors (Lipinski definition) is 2.